The van der Waals surface area contributed by atoms with E-state index in [4.69, 9.17) is 0 Å². The van der Waals surface area contributed by atoms with Crippen LogP contribution in [-0.4, -0.2) is 95.0 Å². The number of aliphatic hydroxyl groups is 1. The topological polar surface area (TPSA) is 84.4 Å². The normalized spacial score (nSPS) is 29.4. The second kappa shape index (κ2) is 12.0. The molecule has 3 amide bonds. The number of carbonyl (C=O) groups is 3. The molecular formula is C31H42N4O4S. The standard InChI is InChI=1S/C31H42N4O4S/c1-4-33(5-2)22-13-15-23(16-14-22)34-20-11-17-31-26(25-24(40-31)12-10-18-32(3)28(25)37)29(38)35(27(31)30(34)39)19-8-6-7-9-21-36/h10-17,24-27,36H,4-9,18-21H2,1-3H3/t24-,25+,26+,27?,31+/m1/s1. The molecule has 2 fully saturated rings. The van der Waals surface area contributed by atoms with Gasteiger partial charge in [0.25, 0.3) is 5.91 Å². The van der Waals surface area contributed by atoms with Gasteiger partial charge >= 0.3 is 0 Å². The second-order valence-electron chi connectivity index (χ2n) is 11.2. The molecule has 4 heterocycles. The summed E-state index contributed by atoms with van der Waals surface area (Å²) in [6, 6.07) is 7.44. The number of likely N-dealkylation sites (N-methyl/N-ethyl adjacent to an activating group) is 1. The number of fused-ring (bicyclic) bond motifs is 2. The molecule has 2 saturated heterocycles. The summed E-state index contributed by atoms with van der Waals surface area (Å²) in [4.78, 5) is 49.9. The van der Waals surface area contributed by atoms with Gasteiger partial charge in [0.2, 0.25) is 11.8 Å². The van der Waals surface area contributed by atoms with Crippen molar-refractivity contribution >= 4 is 40.9 Å². The zero-order valence-corrected chi connectivity index (χ0v) is 24.7. The first kappa shape index (κ1) is 28.7. The fourth-order valence-electron chi connectivity index (χ4n) is 6.91. The van der Waals surface area contributed by atoms with Crippen LogP contribution in [0.5, 0.6) is 0 Å². The van der Waals surface area contributed by atoms with E-state index in [9.17, 15) is 19.5 Å². The van der Waals surface area contributed by atoms with Gasteiger partial charge in [0.05, 0.1) is 16.6 Å². The number of hydrogen-bond donors (Lipinski definition) is 1. The summed E-state index contributed by atoms with van der Waals surface area (Å²) in [7, 11) is 1.79. The maximum atomic E-state index is 14.5. The van der Waals surface area contributed by atoms with Crippen molar-refractivity contribution in [2.45, 2.75) is 55.6 Å². The molecule has 1 N–H and O–H groups in total. The molecular weight excluding hydrogens is 524 g/mol. The highest BCUT2D eigenvalue weighted by molar-refractivity contribution is 8.02. The summed E-state index contributed by atoms with van der Waals surface area (Å²) in [5, 5.41) is 9.03. The molecule has 1 aromatic carbocycles. The third-order valence-electron chi connectivity index (χ3n) is 8.96. The first-order chi connectivity index (χ1) is 19.4. The molecule has 0 saturated carbocycles. The van der Waals surface area contributed by atoms with Crippen LogP contribution in [0, 0.1) is 11.8 Å². The number of unbranched alkanes of at least 4 members (excludes halogenated alkanes) is 3. The lowest BCUT2D eigenvalue weighted by Crippen LogP contribution is -2.53. The van der Waals surface area contributed by atoms with E-state index < -0.39 is 22.6 Å². The molecule has 0 radical (unpaired) electrons. The van der Waals surface area contributed by atoms with Crippen molar-refractivity contribution in [1.29, 1.82) is 0 Å². The summed E-state index contributed by atoms with van der Waals surface area (Å²) in [5.41, 5.74) is 1.93. The average Bonchev–Trinajstić information content (AvgIpc) is 3.28. The number of amides is 3. The zero-order valence-electron chi connectivity index (χ0n) is 23.9. The van der Waals surface area contributed by atoms with Gasteiger partial charge < -0.3 is 24.7 Å². The van der Waals surface area contributed by atoms with Crippen molar-refractivity contribution in [3.63, 3.8) is 0 Å². The smallest absolute Gasteiger partial charge is 0.251 e. The Morgan fingerprint density at radius 3 is 2.38 bits per heavy atom. The van der Waals surface area contributed by atoms with Crippen LogP contribution in [-0.2, 0) is 14.4 Å². The number of benzene rings is 1. The van der Waals surface area contributed by atoms with E-state index in [1.54, 1.807) is 33.5 Å². The van der Waals surface area contributed by atoms with Crippen molar-refractivity contribution in [3.05, 3.63) is 48.6 Å². The third kappa shape index (κ3) is 4.85. The lowest BCUT2D eigenvalue weighted by molar-refractivity contribution is -0.142. The van der Waals surface area contributed by atoms with Crippen LogP contribution < -0.4 is 9.80 Å². The van der Waals surface area contributed by atoms with Crippen molar-refractivity contribution in [1.82, 2.24) is 9.80 Å². The first-order valence-electron chi connectivity index (χ1n) is 14.7. The van der Waals surface area contributed by atoms with Gasteiger partial charge in [-0.2, -0.15) is 0 Å². The Hall–Kier alpha value is -2.78. The summed E-state index contributed by atoms with van der Waals surface area (Å²) in [6.45, 7) is 7.65. The Kier molecular flexibility index (Phi) is 8.61. The number of likely N-dealkylation sites (tertiary alicyclic amines) is 1. The molecule has 4 aliphatic rings. The average molecular weight is 567 g/mol. The lowest BCUT2D eigenvalue weighted by Gasteiger charge is -2.35. The van der Waals surface area contributed by atoms with Gasteiger partial charge in [-0.05, 0) is 51.0 Å². The van der Waals surface area contributed by atoms with Crippen LogP contribution in [0.25, 0.3) is 0 Å². The van der Waals surface area contributed by atoms with Crippen LogP contribution in [0.1, 0.15) is 39.5 Å². The van der Waals surface area contributed by atoms with Crippen molar-refractivity contribution in [3.8, 4) is 0 Å². The number of aliphatic hydroxyl groups excluding tert-OH is 1. The molecule has 1 unspecified atom stereocenters. The summed E-state index contributed by atoms with van der Waals surface area (Å²) in [5.74, 6) is -1.25. The van der Waals surface area contributed by atoms with E-state index in [2.05, 4.69) is 43.0 Å². The number of thioether (sulfide) groups is 1. The van der Waals surface area contributed by atoms with Gasteiger partial charge in [0.15, 0.2) is 0 Å². The van der Waals surface area contributed by atoms with Crippen LogP contribution in [0.3, 0.4) is 0 Å². The highest BCUT2D eigenvalue weighted by Crippen LogP contribution is 2.61. The fraction of sp³-hybridized carbons (Fsp3) is 0.581. The molecule has 1 aromatic rings. The van der Waals surface area contributed by atoms with E-state index >= 15 is 0 Å². The van der Waals surface area contributed by atoms with Crippen LogP contribution in [0.2, 0.25) is 0 Å². The molecule has 4 aliphatic heterocycles. The Bertz CT molecular complexity index is 1170. The quantitative estimate of drug-likeness (QED) is 0.346. The van der Waals surface area contributed by atoms with E-state index in [-0.39, 0.29) is 29.6 Å². The number of anilines is 2. The zero-order chi connectivity index (χ0) is 28.4. The molecule has 0 aromatic heterocycles. The van der Waals surface area contributed by atoms with Crippen molar-refractivity contribution in [2.75, 3.05) is 56.2 Å². The van der Waals surface area contributed by atoms with E-state index in [1.807, 2.05) is 24.3 Å². The van der Waals surface area contributed by atoms with Gasteiger partial charge in [0.1, 0.15) is 6.04 Å². The van der Waals surface area contributed by atoms with E-state index in [0.29, 0.717) is 19.6 Å². The minimum absolute atomic E-state index is 0.0183. The Labute approximate surface area is 242 Å². The molecule has 1 spiro atoms. The summed E-state index contributed by atoms with van der Waals surface area (Å²) in [6.07, 6.45) is 11.4. The van der Waals surface area contributed by atoms with Crippen LogP contribution >= 0.6 is 11.8 Å². The van der Waals surface area contributed by atoms with Gasteiger partial charge in [-0.25, -0.2) is 0 Å². The van der Waals surface area contributed by atoms with Gasteiger partial charge in [-0.1, -0.05) is 37.1 Å². The maximum absolute atomic E-state index is 14.5. The number of nitrogens with zero attached hydrogens (tertiary/aromatic N) is 4. The van der Waals surface area contributed by atoms with E-state index in [1.165, 1.54) is 0 Å². The number of hydrogen-bond acceptors (Lipinski definition) is 6. The molecule has 0 bridgehead atoms. The lowest BCUT2D eigenvalue weighted by atomic mass is 9.78. The second-order valence-corrected chi connectivity index (χ2v) is 12.7. The van der Waals surface area contributed by atoms with E-state index in [0.717, 1.165) is 50.1 Å². The molecule has 9 heteroatoms. The molecule has 0 aliphatic carbocycles. The number of carbonyl (C=O) groups excluding carboxylic acids is 3. The highest BCUT2D eigenvalue weighted by atomic mass is 32.2. The van der Waals surface area contributed by atoms with Crippen molar-refractivity contribution in [2.24, 2.45) is 11.8 Å². The van der Waals surface area contributed by atoms with Crippen molar-refractivity contribution < 1.29 is 19.5 Å². The monoisotopic (exact) mass is 566 g/mol. The van der Waals surface area contributed by atoms with Crippen LogP contribution in [0.15, 0.2) is 48.6 Å². The molecule has 40 heavy (non-hydrogen) atoms. The predicted octanol–water partition coefficient (Wildman–Crippen LogP) is 3.31. The third-order valence-corrected chi connectivity index (χ3v) is 10.7. The van der Waals surface area contributed by atoms with Crippen LogP contribution in [0.4, 0.5) is 11.4 Å². The molecule has 5 rings (SSSR count). The highest BCUT2D eigenvalue weighted by Gasteiger charge is 2.70. The summed E-state index contributed by atoms with van der Waals surface area (Å²) < 4.78 is -0.789. The van der Waals surface area contributed by atoms with Gasteiger partial charge in [0, 0.05) is 63.0 Å². The predicted molar refractivity (Wildman–Crippen MR) is 160 cm³/mol. The van der Waals surface area contributed by atoms with Gasteiger partial charge in [-0.15, -0.1) is 11.8 Å². The fourth-order valence-corrected chi connectivity index (χ4v) is 8.92. The molecule has 8 nitrogen and oxygen atoms in total. The largest absolute Gasteiger partial charge is 0.396 e. The maximum Gasteiger partial charge on any atom is 0.251 e. The van der Waals surface area contributed by atoms with Gasteiger partial charge in [-0.3, -0.25) is 14.4 Å². The minimum atomic E-state index is -0.789. The summed E-state index contributed by atoms with van der Waals surface area (Å²) >= 11 is 1.63. The Balaban J connectivity index is 1.50. The minimum Gasteiger partial charge on any atom is -0.396 e. The Morgan fingerprint density at radius 1 is 0.950 bits per heavy atom. The molecule has 216 valence electrons. The number of rotatable bonds is 10. The Morgan fingerprint density at radius 2 is 1.68 bits per heavy atom. The molecule has 5 atom stereocenters. The SMILES string of the molecule is CCN(CC)c1ccc(N2CC=C[C@]34S[C@@H]5C=CCN(C)C(=O)[C@@H]5[C@H]3C(=O)N(CCCCCCO)C4C2=O)cc1. The first-order valence-corrected chi connectivity index (χ1v) is 15.6.